The first-order valence-corrected chi connectivity index (χ1v) is 5.26. The zero-order valence-electron chi connectivity index (χ0n) is 9.10. The van der Waals surface area contributed by atoms with Gasteiger partial charge in [-0.05, 0) is 19.4 Å². The van der Waals surface area contributed by atoms with E-state index in [1.54, 1.807) is 0 Å². The first-order valence-electron chi connectivity index (χ1n) is 5.26. The van der Waals surface area contributed by atoms with E-state index in [-0.39, 0.29) is 12.1 Å². The molecule has 80 valence electrons. The Hall–Kier alpha value is -0.120. The number of ether oxygens (including phenoxy) is 1. The van der Waals surface area contributed by atoms with Crippen LogP contribution in [-0.2, 0) is 4.74 Å². The monoisotopic (exact) mass is 189 g/mol. The number of hydrogen-bond acceptors (Lipinski definition) is 3. The predicted octanol–water partition coefficient (Wildman–Crippen LogP) is 1.16. The van der Waals surface area contributed by atoms with E-state index in [0.29, 0.717) is 0 Å². The van der Waals surface area contributed by atoms with E-state index in [9.17, 15) is 0 Å². The molecule has 0 aromatic rings. The molecular weight excluding hydrogens is 166 g/mol. The minimum atomic E-state index is -0.0486. The van der Waals surface area contributed by atoms with Crippen molar-refractivity contribution in [2.75, 3.05) is 26.4 Å². The minimum absolute atomic E-state index is 0.0486. The van der Waals surface area contributed by atoms with Crippen molar-refractivity contribution in [1.82, 2.24) is 5.32 Å². The van der Waals surface area contributed by atoms with E-state index in [4.69, 9.17) is 9.84 Å². The molecule has 0 spiro atoms. The lowest BCUT2D eigenvalue weighted by Crippen LogP contribution is -2.52. The van der Waals surface area contributed by atoms with Crippen molar-refractivity contribution in [3.05, 3.63) is 0 Å². The zero-order chi connectivity index (χ0) is 10.2. The molecule has 0 bridgehead atoms. The third-order valence-electron chi connectivity index (χ3n) is 2.30. The highest BCUT2D eigenvalue weighted by molar-refractivity contribution is 4.88. The molecule has 0 unspecified atom stereocenters. The van der Waals surface area contributed by atoms with Crippen LogP contribution in [0.5, 0.6) is 0 Å². The molecule has 3 heteroatoms. The second kappa shape index (κ2) is 7.30. The van der Waals surface area contributed by atoms with Crippen molar-refractivity contribution in [3.63, 3.8) is 0 Å². The fraction of sp³-hybridized carbons (Fsp3) is 1.00. The van der Waals surface area contributed by atoms with E-state index >= 15 is 0 Å². The smallest absolute Gasteiger partial charge is 0.0615 e. The molecule has 3 nitrogen and oxygen atoms in total. The Labute approximate surface area is 81.5 Å². The fourth-order valence-corrected chi connectivity index (χ4v) is 1.53. The maximum absolute atomic E-state index is 9.15. The van der Waals surface area contributed by atoms with Gasteiger partial charge in [0.05, 0.1) is 6.61 Å². The Balaban J connectivity index is 0.000000671. The summed E-state index contributed by atoms with van der Waals surface area (Å²) in [6, 6.07) is 0. The summed E-state index contributed by atoms with van der Waals surface area (Å²) in [6.07, 6.45) is 1.86. The quantitative estimate of drug-likeness (QED) is 0.700. The summed E-state index contributed by atoms with van der Waals surface area (Å²) >= 11 is 0. The van der Waals surface area contributed by atoms with Gasteiger partial charge in [0.15, 0.2) is 0 Å². The topological polar surface area (TPSA) is 41.5 Å². The van der Waals surface area contributed by atoms with Crippen molar-refractivity contribution in [1.29, 1.82) is 0 Å². The summed E-state index contributed by atoms with van der Waals surface area (Å²) in [4.78, 5) is 0. The summed E-state index contributed by atoms with van der Waals surface area (Å²) in [5.74, 6) is 0. The SMILES string of the molecule is CC.CCNC1(CO)CCOCC1. The number of aliphatic hydroxyl groups excluding tert-OH is 1. The maximum Gasteiger partial charge on any atom is 0.0615 e. The highest BCUT2D eigenvalue weighted by atomic mass is 16.5. The lowest BCUT2D eigenvalue weighted by atomic mass is 9.91. The Bertz CT molecular complexity index is 106. The number of likely N-dealkylation sites (N-methyl/N-ethyl adjacent to an activating group) is 1. The molecular formula is C10H23NO2. The molecule has 1 heterocycles. The molecule has 1 saturated heterocycles. The van der Waals surface area contributed by atoms with Crippen LogP contribution >= 0.6 is 0 Å². The van der Waals surface area contributed by atoms with Gasteiger partial charge in [0.2, 0.25) is 0 Å². The number of aliphatic hydroxyl groups is 1. The molecule has 0 radical (unpaired) electrons. The van der Waals surface area contributed by atoms with E-state index in [2.05, 4.69) is 12.2 Å². The van der Waals surface area contributed by atoms with Crippen LogP contribution in [0.25, 0.3) is 0 Å². The maximum atomic E-state index is 9.15. The Kier molecular flexibility index (Phi) is 7.23. The first-order chi connectivity index (χ1) is 6.33. The lowest BCUT2D eigenvalue weighted by Gasteiger charge is -2.36. The van der Waals surface area contributed by atoms with E-state index in [0.717, 1.165) is 32.6 Å². The van der Waals surface area contributed by atoms with Crippen LogP contribution in [0, 0.1) is 0 Å². The van der Waals surface area contributed by atoms with Crippen molar-refractivity contribution < 1.29 is 9.84 Å². The van der Waals surface area contributed by atoms with Crippen molar-refractivity contribution in [2.45, 2.75) is 39.2 Å². The molecule has 2 N–H and O–H groups in total. The van der Waals surface area contributed by atoms with Crippen LogP contribution in [0.3, 0.4) is 0 Å². The van der Waals surface area contributed by atoms with Gasteiger partial charge in [-0.2, -0.15) is 0 Å². The Morgan fingerprint density at radius 1 is 1.31 bits per heavy atom. The molecule has 1 rings (SSSR count). The normalized spacial score (nSPS) is 20.3. The average Bonchev–Trinajstić information content (AvgIpc) is 2.23. The van der Waals surface area contributed by atoms with Crippen LogP contribution in [0.15, 0.2) is 0 Å². The van der Waals surface area contributed by atoms with E-state index in [1.165, 1.54) is 0 Å². The molecule has 13 heavy (non-hydrogen) atoms. The fourth-order valence-electron chi connectivity index (χ4n) is 1.53. The van der Waals surface area contributed by atoms with Crippen LogP contribution in [0.2, 0.25) is 0 Å². The molecule has 1 aliphatic heterocycles. The van der Waals surface area contributed by atoms with Gasteiger partial charge >= 0.3 is 0 Å². The molecule has 0 aliphatic carbocycles. The van der Waals surface area contributed by atoms with Crippen molar-refractivity contribution in [3.8, 4) is 0 Å². The summed E-state index contributed by atoms with van der Waals surface area (Å²) in [7, 11) is 0. The molecule has 0 atom stereocenters. The average molecular weight is 189 g/mol. The zero-order valence-corrected chi connectivity index (χ0v) is 9.10. The van der Waals surface area contributed by atoms with Crippen molar-refractivity contribution >= 4 is 0 Å². The summed E-state index contributed by atoms with van der Waals surface area (Å²) in [5, 5.41) is 12.5. The van der Waals surface area contributed by atoms with Crippen molar-refractivity contribution in [2.24, 2.45) is 0 Å². The minimum Gasteiger partial charge on any atom is -0.394 e. The number of nitrogens with one attached hydrogen (secondary N) is 1. The number of rotatable bonds is 3. The summed E-state index contributed by atoms with van der Waals surface area (Å²) in [5.41, 5.74) is -0.0486. The molecule has 1 fully saturated rings. The van der Waals surface area contributed by atoms with E-state index in [1.807, 2.05) is 13.8 Å². The third kappa shape index (κ3) is 4.07. The second-order valence-electron chi connectivity index (χ2n) is 3.08. The molecule has 0 saturated carbocycles. The van der Waals surface area contributed by atoms with Gasteiger partial charge in [-0.1, -0.05) is 20.8 Å². The van der Waals surface area contributed by atoms with Gasteiger partial charge in [0, 0.05) is 18.8 Å². The molecule has 0 amide bonds. The highest BCUT2D eigenvalue weighted by Gasteiger charge is 2.30. The van der Waals surface area contributed by atoms with Gasteiger partial charge in [-0.15, -0.1) is 0 Å². The lowest BCUT2D eigenvalue weighted by molar-refractivity contribution is 0.0129. The highest BCUT2D eigenvalue weighted by Crippen LogP contribution is 2.19. The Morgan fingerprint density at radius 3 is 2.23 bits per heavy atom. The third-order valence-corrected chi connectivity index (χ3v) is 2.30. The van der Waals surface area contributed by atoms with Gasteiger partial charge in [0.25, 0.3) is 0 Å². The van der Waals surface area contributed by atoms with Gasteiger partial charge in [-0.3, -0.25) is 0 Å². The number of hydrogen-bond donors (Lipinski definition) is 2. The standard InChI is InChI=1S/C8H17NO2.C2H6/c1-2-9-8(7-10)3-5-11-6-4-8;1-2/h9-10H,2-7H2,1H3;1-2H3. The summed E-state index contributed by atoms with van der Waals surface area (Å²) in [6.45, 7) is 8.75. The largest absolute Gasteiger partial charge is 0.394 e. The molecule has 0 aromatic heterocycles. The second-order valence-corrected chi connectivity index (χ2v) is 3.08. The van der Waals surface area contributed by atoms with Crippen LogP contribution in [0.4, 0.5) is 0 Å². The summed E-state index contributed by atoms with van der Waals surface area (Å²) < 4.78 is 5.22. The van der Waals surface area contributed by atoms with Crippen LogP contribution < -0.4 is 5.32 Å². The van der Waals surface area contributed by atoms with Crippen LogP contribution in [-0.4, -0.2) is 37.0 Å². The Morgan fingerprint density at radius 2 is 1.85 bits per heavy atom. The predicted molar refractivity (Wildman–Crippen MR) is 54.9 cm³/mol. The van der Waals surface area contributed by atoms with Gasteiger partial charge in [0.1, 0.15) is 0 Å². The first kappa shape index (κ1) is 12.9. The van der Waals surface area contributed by atoms with E-state index < -0.39 is 0 Å². The van der Waals surface area contributed by atoms with Gasteiger partial charge < -0.3 is 15.2 Å². The molecule has 1 aliphatic rings. The van der Waals surface area contributed by atoms with Crippen LogP contribution in [0.1, 0.15) is 33.6 Å². The van der Waals surface area contributed by atoms with Gasteiger partial charge in [-0.25, -0.2) is 0 Å². The molecule has 0 aromatic carbocycles.